The maximum absolute atomic E-state index is 13.5. The van der Waals surface area contributed by atoms with Crippen LogP contribution in [0.15, 0.2) is 24.3 Å². The highest BCUT2D eigenvalue weighted by Gasteiger charge is 2.57. The molecular weight excluding hydrogens is 379 g/mol. The van der Waals surface area contributed by atoms with Crippen LogP contribution in [0.1, 0.15) is 44.9 Å². The fraction of sp³-hybridized carbons (Fsp3) is 0.571. The molecule has 0 aliphatic heterocycles. The van der Waals surface area contributed by atoms with Gasteiger partial charge in [-0.15, -0.1) is 0 Å². The number of benzene rings is 1. The molecule has 5 rings (SSSR count). The summed E-state index contributed by atoms with van der Waals surface area (Å²) < 4.78 is 18.6. The topological polar surface area (TPSA) is 105 Å². The van der Waals surface area contributed by atoms with E-state index < -0.39 is 35.9 Å². The maximum Gasteiger partial charge on any atom is 0.326 e. The minimum absolute atomic E-state index is 0.0606. The Balaban J connectivity index is 1.24. The molecule has 4 aliphatic rings. The highest BCUT2D eigenvalue weighted by atomic mass is 19.1. The van der Waals surface area contributed by atoms with Crippen molar-refractivity contribution in [3.63, 3.8) is 0 Å². The summed E-state index contributed by atoms with van der Waals surface area (Å²) in [4.78, 5) is 36.0. The normalized spacial score (nSPS) is 31.9. The molecule has 2 unspecified atom stereocenters. The summed E-state index contributed by atoms with van der Waals surface area (Å²) in [7, 11) is 0. The van der Waals surface area contributed by atoms with Gasteiger partial charge in [0, 0.05) is 0 Å². The lowest BCUT2D eigenvalue weighted by Gasteiger charge is -2.60. The zero-order valence-electron chi connectivity index (χ0n) is 16.1. The van der Waals surface area contributed by atoms with Gasteiger partial charge in [-0.2, -0.15) is 0 Å². The predicted octanol–water partition coefficient (Wildman–Crippen LogP) is 2.74. The van der Waals surface area contributed by atoms with Crippen molar-refractivity contribution in [1.29, 1.82) is 0 Å². The molecule has 156 valence electrons. The van der Waals surface area contributed by atoms with Crippen LogP contribution in [-0.2, 0) is 14.3 Å². The fourth-order valence-electron chi connectivity index (χ4n) is 5.99. The van der Waals surface area contributed by atoms with Crippen molar-refractivity contribution in [1.82, 2.24) is 5.32 Å². The van der Waals surface area contributed by atoms with Crippen LogP contribution in [-0.4, -0.2) is 35.2 Å². The van der Waals surface area contributed by atoms with Crippen LogP contribution >= 0.6 is 0 Å². The second kappa shape index (κ2) is 7.40. The Morgan fingerprint density at radius 1 is 1.14 bits per heavy atom. The molecule has 4 aliphatic carbocycles. The largest absolute Gasteiger partial charge is 0.456 e. The van der Waals surface area contributed by atoms with Gasteiger partial charge in [0.15, 0.2) is 6.61 Å². The number of ether oxygens (including phenoxy) is 1. The van der Waals surface area contributed by atoms with Gasteiger partial charge in [0.2, 0.25) is 0 Å². The molecule has 0 radical (unpaired) electrons. The molecule has 29 heavy (non-hydrogen) atoms. The number of rotatable bonds is 5. The van der Waals surface area contributed by atoms with Gasteiger partial charge in [0.25, 0.3) is 5.91 Å². The van der Waals surface area contributed by atoms with Crippen LogP contribution in [0.5, 0.6) is 0 Å². The van der Waals surface area contributed by atoms with E-state index in [2.05, 4.69) is 5.32 Å². The average molecular weight is 404 g/mol. The second-order valence-corrected chi connectivity index (χ2v) is 9.00. The van der Waals surface area contributed by atoms with Gasteiger partial charge in [-0.25, -0.2) is 9.18 Å². The first-order valence-corrected chi connectivity index (χ1v) is 9.98. The first-order chi connectivity index (χ1) is 13.7. The lowest BCUT2D eigenvalue weighted by Crippen LogP contribution is -2.56. The number of carbonyl (C=O) groups is 3. The number of hydrogen-bond donors (Lipinski definition) is 3. The molecule has 0 heterocycles. The third-order valence-electron chi connectivity index (χ3n) is 6.41. The van der Waals surface area contributed by atoms with Crippen LogP contribution in [0.25, 0.3) is 0 Å². The number of anilines is 1. The Morgan fingerprint density at radius 3 is 2.48 bits per heavy atom. The van der Waals surface area contributed by atoms with Crippen LogP contribution < -0.4 is 10.6 Å². The minimum atomic E-state index is -0.903. The summed E-state index contributed by atoms with van der Waals surface area (Å²) in [6.45, 7) is -0.587. The molecule has 4 bridgehead atoms. The number of hydrogen-bond acceptors (Lipinski definition) is 5. The Morgan fingerprint density at radius 2 is 1.83 bits per heavy atom. The van der Waals surface area contributed by atoms with E-state index in [1.807, 2.05) is 5.32 Å². The van der Waals surface area contributed by atoms with Gasteiger partial charge in [0.05, 0.1) is 17.7 Å². The molecule has 4 fully saturated rings. The van der Waals surface area contributed by atoms with Crippen molar-refractivity contribution in [2.24, 2.45) is 17.3 Å². The van der Waals surface area contributed by atoms with Crippen molar-refractivity contribution < 1.29 is 28.6 Å². The molecule has 1 aromatic carbocycles. The predicted molar refractivity (Wildman–Crippen MR) is 101 cm³/mol. The number of amides is 3. The average Bonchev–Trinajstić information content (AvgIpc) is 2.59. The highest BCUT2D eigenvalue weighted by Crippen LogP contribution is 2.62. The van der Waals surface area contributed by atoms with Gasteiger partial charge in [-0.1, -0.05) is 12.1 Å². The summed E-state index contributed by atoms with van der Waals surface area (Å²) in [6.07, 6.45) is 5.38. The fourth-order valence-corrected chi connectivity index (χ4v) is 5.99. The first kappa shape index (κ1) is 19.8. The Labute approximate surface area is 168 Å². The smallest absolute Gasteiger partial charge is 0.326 e. The molecular formula is C21H25FN2O5. The van der Waals surface area contributed by atoms with Crippen molar-refractivity contribution in [3.8, 4) is 0 Å². The number of carbonyl (C=O) groups excluding carboxylic acids is 3. The first-order valence-electron chi connectivity index (χ1n) is 9.98. The molecule has 0 spiro atoms. The van der Waals surface area contributed by atoms with Crippen LogP contribution in [0, 0.1) is 23.1 Å². The summed E-state index contributed by atoms with van der Waals surface area (Å²) in [5.74, 6) is -1.01. The Hall–Kier alpha value is -2.48. The van der Waals surface area contributed by atoms with Gasteiger partial charge in [-0.3, -0.25) is 14.9 Å². The molecule has 3 N–H and O–H groups in total. The van der Waals surface area contributed by atoms with Crippen molar-refractivity contribution in [2.75, 3.05) is 11.9 Å². The molecule has 0 aromatic heterocycles. The zero-order chi connectivity index (χ0) is 20.6. The lowest BCUT2D eigenvalue weighted by atomic mass is 9.47. The number of para-hydroxylation sites is 1. The number of nitrogens with one attached hydrogen (secondary N) is 2. The number of halogens is 1. The van der Waals surface area contributed by atoms with Gasteiger partial charge in [0.1, 0.15) is 5.82 Å². The van der Waals surface area contributed by atoms with Crippen molar-refractivity contribution in [2.45, 2.75) is 50.5 Å². The summed E-state index contributed by atoms with van der Waals surface area (Å²) in [5.41, 5.74) is -0.962. The molecule has 1 aromatic rings. The monoisotopic (exact) mass is 404 g/mol. The van der Waals surface area contributed by atoms with E-state index in [-0.39, 0.29) is 17.5 Å². The van der Waals surface area contributed by atoms with E-state index in [1.165, 1.54) is 18.2 Å². The van der Waals surface area contributed by atoms with E-state index in [1.54, 1.807) is 6.07 Å². The molecule has 3 amide bonds. The summed E-state index contributed by atoms with van der Waals surface area (Å²) in [6, 6.07) is 4.66. The lowest BCUT2D eigenvalue weighted by molar-refractivity contribution is -0.177. The van der Waals surface area contributed by atoms with Gasteiger partial charge < -0.3 is 15.2 Å². The van der Waals surface area contributed by atoms with E-state index in [9.17, 15) is 23.9 Å². The molecule has 0 saturated heterocycles. The second-order valence-electron chi connectivity index (χ2n) is 9.00. The van der Waals surface area contributed by atoms with Crippen LogP contribution in [0.3, 0.4) is 0 Å². The van der Waals surface area contributed by atoms with E-state index in [4.69, 9.17) is 4.74 Å². The Bertz CT molecular complexity index is 828. The van der Waals surface area contributed by atoms with Gasteiger partial charge in [-0.05, 0) is 67.9 Å². The molecule has 4 saturated carbocycles. The quantitative estimate of drug-likeness (QED) is 0.655. The van der Waals surface area contributed by atoms with E-state index >= 15 is 0 Å². The molecule has 8 heteroatoms. The summed E-state index contributed by atoms with van der Waals surface area (Å²) in [5, 5.41) is 15.0. The standard InChI is InChI=1S/C21H25FN2O5/c22-15-3-1-2-4-16(15)23-19(27)24-17(25)11-29-18(26)10-20-6-13-5-14(7-20)9-21(28,8-13)12-20/h1-4,13-14,28H,5-12H2,(H2,23,24,25,27)/t13-,14+,20?,21?. The van der Waals surface area contributed by atoms with E-state index in [0.29, 0.717) is 18.3 Å². The minimum Gasteiger partial charge on any atom is -0.456 e. The van der Waals surface area contributed by atoms with Crippen molar-refractivity contribution in [3.05, 3.63) is 30.1 Å². The third kappa shape index (κ3) is 4.42. The number of imide groups is 1. The number of urea groups is 1. The van der Waals surface area contributed by atoms with E-state index in [0.717, 1.165) is 32.1 Å². The summed E-state index contributed by atoms with van der Waals surface area (Å²) >= 11 is 0. The number of esters is 1. The molecule has 4 atom stereocenters. The SMILES string of the molecule is O=C(COC(=O)CC12C[C@@H]3C[C@@H](CC(O)(C3)C1)C2)NC(=O)Nc1ccccc1F. The van der Waals surface area contributed by atoms with Gasteiger partial charge >= 0.3 is 12.0 Å². The Kier molecular flexibility index (Phi) is 5.06. The van der Waals surface area contributed by atoms with Crippen LogP contribution in [0.2, 0.25) is 0 Å². The highest BCUT2D eigenvalue weighted by molar-refractivity contribution is 6.01. The maximum atomic E-state index is 13.5. The van der Waals surface area contributed by atoms with Crippen LogP contribution in [0.4, 0.5) is 14.9 Å². The van der Waals surface area contributed by atoms with Crippen molar-refractivity contribution >= 4 is 23.6 Å². The molecule has 7 nitrogen and oxygen atoms in total. The third-order valence-corrected chi connectivity index (χ3v) is 6.41. The zero-order valence-corrected chi connectivity index (χ0v) is 16.1. The number of aliphatic hydroxyl groups is 1.